The minimum Gasteiger partial charge on any atom is -0.478 e. The van der Waals surface area contributed by atoms with Gasteiger partial charge in [-0.25, -0.2) is 9.78 Å². The van der Waals surface area contributed by atoms with Crippen molar-refractivity contribution in [3.8, 4) is 11.3 Å². The summed E-state index contributed by atoms with van der Waals surface area (Å²) >= 11 is 5.87. The highest BCUT2D eigenvalue weighted by Crippen LogP contribution is 2.40. The second-order valence-electron chi connectivity index (χ2n) is 7.07. The van der Waals surface area contributed by atoms with Gasteiger partial charge in [0.05, 0.1) is 23.8 Å². The number of halogens is 1. The number of carboxylic acids is 1. The van der Waals surface area contributed by atoms with E-state index in [4.69, 9.17) is 21.5 Å². The van der Waals surface area contributed by atoms with Crippen molar-refractivity contribution in [1.82, 2.24) is 9.97 Å². The molecule has 0 saturated carbocycles. The molecule has 0 spiro atoms. The summed E-state index contributed by atoms with van der Waals surface area (Å²) in [6, 6.07) is 1.80. The fourth-order valence-corrected chi connectivity index (χ4v) is 3.89. The minimum atomic E-state index is -1.35. The summed E-state index contributed by atoms with van der Waals surface area (Å²) in [5, 5.41) is 25.2. The summed E-state index contributed by atoms with van der Waals surface area (Å²) in [6.45, 7) is -0.377. The first kappa shape index (κ1) is 20.2. The molecular weight excluding hydrogens is 412 g/mol. The molecule has 1 aromatic heterocycles. The smallest absolute Gasteiger partial charge is 0.347 e. The van der Waals surface area contributed by atoms with E-state index in [0.717, 1.165) is 42.4 Å². The maximum absolute atomic E-state index is 12.6. The molecule has 0 fully saturated rings. The zero-order chi connectivity index (χ0) is 21.3. The van der Waals surface area contributed by atoms with Gasteiger partial charge in [-0.3, -0.25) is 9.78 Å². The first-order valence-corrected chi connectivity index (χ1v) is 9.93. The zero-order valence-corrected chi connectivity index (χ0v) is 16.6. The molecule has 3 N–H and O–H groups in total. The monoisotopic (exact) mass is 430 g/mol. The predicted octanol–water partition coefficient (Wildman–Crippen LogP) is 2.18. The van der Waals surface area contributed by atoms with E-state index in [1.807, 2.05) is 0 Å². The van der Waals surface area contributed by atoms with Crippen molar-refractivity contribution in [2.24, 2.45) is 5.16 Å². The maximum atomic E-state index is 12.6. The van der Waals surface area contributed by atoms with E-state index >= 15 is 0 Å². The third-order valence-corrected chi connectivity index (χ3v) is 5.39. The second-order valence-corrected chi connectivity index (χ2v) is 7.46. The molecular formula is C20H19ClN4O5. The molecule has 0 bridgehead atoms. The maximum Gasteiger partial charge on any atom is 0.347 e. The summed E-state index contributed by atoms with van der Waals surface area (Å²) in [4.78, 5) is 37.4. The molecule has 2 aromatic rings. The lowest BCUT2D eigenvalue weighted by atomic mass is 9.84. The van der Waals surface area contributed by atoms with Crippen LogP contribution in [-0.4, -0.2) is 50.5 Å². The van der Waals surface area contributed by atoms with Crippen molar-refractivity contribution >= 4 is 34.9 Å². The number of hydrogen-bond acceptors (Lipinski definition) is 7. The molecule has 1 unspecified atom stereocenters. The van der Waals surface area contributed by atoms with Crippen LogP contribution in [0.3, 0.4) is 0 Å². The Bertz CT molecular complexity index is 1040. The Balaban J connectivity index is 1.80. The predicted molar refractivity (Wildman–Crippen MR) is 108 cm³/mol. The fraction of sp³-hybridized carbons (Fsp3) is 0.350. The van der Waals surface area contributed by atoms with Gasteiger partial charge in [-0.15, -0.1) is 0 Å². The molecule has 4 rings (SSSR count). The molecule has 9 nitrogen and oxygen atoms in total. The van der Waals surface area contributed by atoms with Gasteiger partial charge in [0, 0.05) is 24.2 Å². The van der Waals surface area contributed by atoms with E-state index in [1.54, 1.807) is 12.3 Å². The average Bonchev–Trinajstić information content (AvgIpc) is 3.06. The van der Waals surface area contributed by atoms with Crippen LogP contribution in [0.15, 0.2) is 23.6 Å². The number of aliphatic carboxylic acids is 1. The molecule has 1 aromatic carbocycles. The van der Waals surface area contributed by atoms with E-state index in [-0.39, 0.29) is 23.9 Å². The van der Waals surface area contributed by atoms with Crippen LogP contribution in [0.5, 0.6) is 0 Å². The molecule has 1 atom stereocenters. The van der Waals surface area contributed by atoms with Crippen molar-refractivity contribution in [3.63, 3.8) is 0 Å². The molecule has 1 aliphatic carbocycles. The number of oxime groups is 1. The number of nitrogens with one attached hydrogen (secondary N) is 1. The Labute approximate surface area is 176 Å². The van der Waals surface area contributed by atoms with Crippen molar-refractivity contribution in [2.75, 3.05) is 11.9 Å². The minimum absolute atomic E-state index is 0.00858. The number of aliphatic hydroxyl groups excluding tert-OH is 1. The molecule has 2 aliphatic rings. The quantitative estimate of drug-likeness (QED) is 0.598. The van der Waals surface area contributed by atoms with Gasteiger partial charge in [0.15, 0.2) is 5.71 Å². The number of nitrogens with zero attached hydrogens (tertiary/aromatic N) is 3. The normalized spacial score (nSPS) is 17.3. The van der Waals surface area contributed by atoms with Crippen molar-refractivity contribution in [2.45, 2.75) is 38.2 Å². The Kier molecular flexibility index (Phi) is 5.65. The lowest BCUT2D eigenvalue weighted by Crippen LogP contribution is -2.24. The van der Waals surface area contributed by atoms with Gasteiger partial charge < -0.3 is 20.4 Å². The van der Waals surface area contributed by atoms with E-state index in [1.165, 1.54) is 6.20 Å². The number of fused-ring (bicyclic) bond motifs is 3. The number of aliphatic hydroxyl groups is 1. The van der Waals surface area contributed by atoms with Gasteiger partial charge in [0.2, 0.25) is 6.10 Å². The molecule has 10 heteroatoms. The third-order valence-electron chi connectivity index (χ3n) is 5.20. The van der Waals surface area contributed by atoms with E-state index in [0.29, 0.717) is 16.9 Å². The number of amides is 1. The Morgan fingerprint density at radius 1 is 1.23 bits per heavy atom. The zero-order valence-electron chi connectivity index (χ0n) is 15.9. The van der Waals surface area contributed by atoms with Crippen molar-refractivity contribution in [3.05, 3.63) is 40.3 Å². The van der Waals surface area contributed by atoms with Crippen LogP contribution >= 0.6 is 11.6 Å². The molecule has 30 heavy (non-hydrogen) atoms. The molecule has 156 valence electrons. The number of carboxylic acid groups (broad SMARTS) is 1. The first-order chi connectivity index (χ1) is 14.5. The number of anilines is 1. The average molecular weight is 431 g/mol. The summed E-state index contributed by atoms with van der Waals surface area (Å²) < 4.78 is 0. The van der Waals surface area contributed by atoms with Crippen molar-refractivity contribution in [1.29, 1.82) is 0 Å². The van der Waals surface area contributed by atoms with Crippen LogP contribution < -0.4 is 5.32 Å². The van der Waals surface area contributed by atoms with Gasteiger partial charge in [0.1, 0.15) is 5.15 Å². The molecule has 0 saturated heterocycles. The van der Waals surface area contributed by atoms with E-state index in [2.05, 4.69) is 20.4 Å². The highest BCUT2D eigenvalue weighted by molar-refractivity contribution is 6.54. The largest absolute Gasteiger partial charge is 0.478 e. The second kappa shape index (κ2) is 8.37. The number of benzene rings is 1. The number of carbonyl (C=O) groups excluding carboxylic acids is 1. The highest BCUT2D eigenvalue weighted by Gasteiger charge is 2.33. The van der Waals surface area contributed by atoms with Crippen LogP contribution in [0.4, 0.5) is 5.69 Å². The van der Waals surface area contributed by atoms with Crippen LogP contribution in [0.25, 0.3) is 11.3 Å². The summed E-state index contributed by atoms with van der Waals surface area (Å²) in [6.07, 6.45) is 5.22. The number of rotatable bonds is 6. The van der Waals surface area contributed by atoms with Gasteiger partial charge in [-0.05, 0) is 42.9 Å². The Morgan fingerprint density at radius 3 is 2.67 bits per heavy atom. The molecule has 0 radical (unpaired) electrons. The first-order valence-electron chi connectivity index (χ1n) is 9.55. The number of carbonyl (C=O) groups is 2. The standard InChI is InChI=1S/C20H19ClN4O5/c21-16-9-22-14(8-23-16)12-7-13-17(11-4-2-1-3-10(11)12)24-19(27)18(13)25-30-15(5-6-26)20(28)29/h7-9,15,26H,1-6H2,(H,28,29)(H,24,25,27). The SMILES string of the molecule is O=C1Nc2c(cc(-c3cnc(Cl)cn3)c3c2CCCC3)/C1=N\OC(CCO)C(=O)O. The Hall–Kier alpha value is -3.04. The van der Waals surface area contributed by atoms with Crippen molar-refractivity contribution < 1.29 is 24.6 Å². The number of hydrogen-bond donors (Lipinski definition) is 3. The Morgan fingerprint density at radius 2 is 2.00 bits per heavy atom. The fourth-order valence-electron chi connectivity index (χ4n) is 3.79. The molecule has 1 amide bonds. The number of aromatic nitrogens is 2. The topological polar surface area (TPSA) is 134 Å². The highest BCUT2D eigenvalue weighted by atomic mass is 35.5. The van der Waals surface area contributed by atoms with E-state index in [9.17, 15) is 14.7 Å². The van der Waals surface area contributed by atoms with Crippen LogP contribution in [0, 0.1) is 0 Å². The summed E-state index contributed by atoms with van der Waals surface area (Å²) in [5.74, 6) is -1.74. The summed E-state index contributed by atoms with van der Waals surface area (Å²) in [7, 11) is 0. The van der Waals surface area contributed by atoms with Gasteiger partial charge in [0.25, 0.3) is 5.91 Å². The third kappa shape index (κ3) is 3.73. The van der Waals surface area contributed by atoms with Gasteiger partial charge in [-0.1, -0.05) is 16.8 Å². The van der Waals surface area contributed by atoms with E-state index < -0.39 is 18.0 Å². The lowest BCUT2D eigenvalue weighted by Gasteiger charge is -2.22. The van der Waals surface area contributed by atoms with Crippen LogP contribution in [0.1, 0.15) is 36.0 Å². The molecule has 2 heterocycles. The lowest BCUT2D eigenvalue weighted by molar-refractivity contribution is -0.151. The van der Waals surface area contributed by atoms with Gasteiger partial charge >= 0.3 is 5.97 Å². The van der Waals surface area contributed by atoms with Crippen LogP contribution in [-0.2, 0) is 27.3 Å². The summed E-state index contributed by atoms with van der Waals surface area (Å²) in [5.41, 5.74) is 4.78. The molecule has 1 aliphatic heterocycles. The van der Waals surface area contributed by atoms with Crippen LogP contribution in [0.2, 0.25) is 5.15 Å². The van der Waals surface area contributed by atoms with Gasteiger partial charge in [-0.2, -0.15) is 0 Å².